The molecule has 1 radical (unpaired) electrons. The van der Waals surface area contributed by atoms with Gasteiger partial charge in [-0.2, -0.15) is 0 Å². The van der Waals surface area contributed by atoms with Crippen LogP contribution in [0.25, 0.3) is 0 Å². The normalized spacial score (nSPS) is 13.6. The zero-order chi connectivity index (χ0) is 9.99. The van der Waals surface area contributed by atoms with E-state index in [9.17, 15) is 0 Å². The summed E-state index contributed by atoms with van der Waals surface area (Å²) in [7, 11) is 0. The minimum absolute atomic E-state index is 0. The average molecular weight is 229 g/mol. The van der Waals surface area contributed by atoms with Crippen LogP contribution in [-0.2, 0) is 16.8 Å². The molecule has 0 atom stereocenters. The molecule has 0 fully saturated rings. The van der Waals surface area contributed by atoms with Crippen LogP contribution in [0.5, 0.6) is 0 Å². The van der Waals surface area contributed by atoms with Crippen molar-refractivity contribution in [1.82, 2.24) is 5.32 Å². The van der Waals surface area contributed by atoms with Gasteiger partial charge in [0.05, 0.1) is 11.4 Å². The molecule has 2 nitrogen and oxygen atoms in total. The summed E-state index contributed by atoms with van der Waals surface area (Å²) in [6.07, 6.45) is 0. The van der Waals surface area contributed by atoms with Gasteiger partial charge in [0.15, 0.2) is 0 Å². The van der Waals surface area contributed by atoms with Gasteiger partial charge in [-0.1, -0.05) is 0 Å². The Morgan fingerprint density at radius 2 is 1.38 bits per heavy atom. The Kier molecular flexibility index (Phi) is 5.95. The predicted molar refractivity (Wildman–Crippen MR) is 55.8 cm³/mol. The van der Waals surface area contributed by atoms with Gasteiger partial charge < -0.3 is 5.32 Å². The number of hydrogen-bond acceptors (Lipinski definition) is 1. The van der Waals surface area contributed by atoms with Crippen LogP contribution in [0.3, 0.4) is 0 Å². The second-order valence-corrected chi connectivity index (χ2v) is 5.24. The summed E-state index contributed by atoms with van der Waals surface area (Å²) in [4.78, 5) is 4.50. The van der Waals surface area contributed by atoms with E-state index in [-0.39, 0.29) is 27.9 Å². The molecule has 0 aliphatic carbocycles. The number of nitrogens with zero attached hydrogens (tertiary/aromatic N) is 1. The summed E-state index contributed by atoms with van der Waals surface area (Å²) in [6.45, 7) is 14.7. The summed E-state index contributed by atoms with van der Waals surface area (Å²) in [5.41, 5.74) is 0.126. The van der Waals surface area contributed by atoms with E-state index in [1.54, 1.807) is 0 Å². The van der Waals surface area contributed by atoms with E-state index in [1.165, 1.54) is 0 Å². The standard InChI is InChI=1S/C10H22N2.Co/c1-8(11-9(2,3)4)12-10(5,6)7;/h1-7H3,(H,11,12);. The third-order valence-electron chi connectivity index (χ3n) is 1.06. The molecule has 0 heterocycles. The Morgan fingerprint density at radius 1 is 1.00 bits per heavy atom. The van der Waals surface area contributed by atoms with Crippen LogP contribution in [0.2, 0.25) is 0 Å². The maximum atomic E-state index is 4.50. The Balaban J connectivity index is 0. The molecule has 0 amide bonds. The third kappa shape index (κ3) is 12.0. The van der Waals surface area contributed by atoms with Gasteiger partial charge >= 0.3 is 0 Å². The van der Waals surface area contributed by atoms with E-state index < -0.39 is 0 Å². The molecule has 0 bridgehead atoms. The molecular formula is C10H22CoN2. The largest absolute Gasteiger partial charge is 0.369 e. The second-order valence-electron chi connectivity index (χ2n) is 5.24. The molecule has 0 unspecified atom stereocenters. The first-order valence-corrected chi connectivity index (χ1v) is 4.45. The first-order chi connectivity index (χ1) is 5.10. The summed E-state index contributed by atoms with van der Waals surface area (Å²) in [5.74, 6) is 1.01. The number of rotatable bonds is 0. The predicted octanol–water partition coefficient (Wildman–Crippen LogP) is 2.59. The Bertz CT molecular complexity index is 172. The molecule has 0 aliphatic rings. The summed E-state index contributed by atoms with van der Waals surface area (Å²) >= 11 is 0. The van der Waals surface area contributed by atoms with Gasteiger partial charge in [-0.25, -0.2) is 0 Å². The van der Waals surface area contributed by atoms with Crippen LogP contribution in [0.1, 0.15) is 48.5 Å². The average Bonchev–Trinajstić information content (AvgIpc) is 1.49. The number of hydrogen-bond donors (Lipinski definition) is 1. The monoisotopic (exact) mass is 229 g/mol. The molecule has 13 heavy (non-hydrogen) atoms. The molecule has 0 saturated heterocycles. The van der Waals surface area contributed by atoms with E-state index in [0.29, 0.717) is 0 Å². The minimum atomic E-state index is 0. The summed E-state index contributed by atoms with van der Waals surface area (Å²) in [6, 6.07) is 0. The van der Waals surface area contributed by atoms with E-state index in [1.807, 2.05) is 6.92 Å². The van der Waals surface area contributed by atoms with E-state index in [0.717, 1.165) is 5.84 Å². The molecular weight excluding hydrogens is 207 g/mol. The Labute approximate surface area is 92.8 Å². The van der Waals surface area contributed by atoms with Crippen LogP contribution >= 0.6 is 0 Å². The van der Waals surface area contributed by atoms with Gasteiger partial charge in [-0.15, -0.1) is 0 Å². The first-order valence-electron chi connectivity index (χ1n) is 4.45. The van der Waals surface area contributed by atoms with Gasteiger partial charge in [0.2, 0.25) is 0 Å². The fraction of sp³-hybridized carbons (Fsp3) is 0.900. The quantitative estimate of drug-likeness (QED) is 0.501. The topological polar surface area (TPSA) is 24.4 Å². The zero-order valence-corrected chi connectivity index (χ0v) is 10.8. The maximum absolute atomic E-state index is 4.50. The number of aliphatic imine (C=N–C) groups is 1. The van der Waals surface area contributed by atoms with Crippen molar-refractivity contribution in [3.05, 3.63) is 0 Å². The van der Waals surface area contributed by atoms with Crippen LogP contribution in [0.15, 0.2) is 4.99 Å². The van der Waals surface area contributed by atoms with Crippen molar-refractivity contribution in [1.29, 1.82) is 0 Å². The van der Waals surface area contributed by atoms with Crippen LogP contribution in [0.4, 0.5) is 0 Å². The fourth-order valence-corrected chi connectivity index (χ4v) is 1.07. The van der Waals surface area contributed by atoms with E-state index >= 15 is 0 Å². The molecule has 0 rings (SSSR count). The van der Waals surface area contributed by atoms with Gasteiger partial charge in [-0.05, 0) is 48.5 Å². The van der Waals surface area contributed by atoms with Gasteiger partial charge in [0, 0.05) is 22.3 Å². The van der Waals surface area contributed by atoms with Crippen molar-refractivity contribution < 1.29 is 16.8 Å². The van der Waals surface area contributed by atoms with Crippen LogP contribution in [-0.4, -0.2) is 16.9 Å². The van der Waals surface area contributed by atoms with Gasteiger partial charge in [0.25, 0.3) is 0 Å². The van der Waals surface area contributed by atoms with Crippen molar-refractivity contribution in [2.75, 3.05) is 0 Å². The molecule has 3 heteroatoms. The Morgan fingerprint density at radius 3 is 1.62 bits per heavy atom. The summed E-state index contributed by atoms with van der Waals surface area (Å²) < 4.78 is 0. The maximum Gasteiger partial charge on any atom is 0.0942 e. The second kappa shape index (κ2) is 5.01. The van der Waals surface area contributed by atoms with Gasteiger partial charge in [-0.3, -0.25) is 4.99 Å². The third-order valence-corrected chi connectivity index (χ3v) is 1.06. The van der Waals surface area contributed by atoms with Crippen molar-refractivity contribution in [3.63, 3.8) is 0 Å². The van der Waals surface area contributed by atoms with Crippen molar-refractivity contribution in [2.45, 2.75) is 59.5 Å². The van der Waals surface area contributed by atoms with E-state index in [2.05, 4.69) is 51.9 Å². The zero-order valence-electron chi connectivity index (χ0n) is 9.78. The minimum Gasteiger partial charge on any atom is -0.369 e. The van der Waals surface area contributed by atoms with Crippen molar-refractivity contribution >= 4 is 5.84 Å². The SMILES string of the molecule is CC(=NC(C)(C)C)NC(C)(C)C.[Co]. The van der Waals surface area contributed by atoms with E-state index in [4.69, 9.17) is 0 Å². The Hall–Kier alpha value is -0.0235. The van der Waals surface area contributed by atoms with Crippen LogP contribution in [0, 0.1) is 0 Å². The molecule has 0 spiro atoms. The molecule has 81 valence electrons. The van der Waals surface area contributed by atoms with Crippen molar-refractivity contribution in [2.24, 2.45) is 4.99 Å². The van der Waals surface area contributed by atoms with Crippen molar-refractivity contribution in [3.8, 4) is 0 Å². The van der Waals surface area contributed by atoms with Crippen LogP contribution < -0.4 is 5.32 Å². The molecule has 1 N–H and O–H groups in total. The number of amidine groups is 1. The number of nitrogens with one attached hydrogen (secondary N) is 1. The first kappa shape index (κ1) is 15.4. The molecule has 0 aliphatic heterocycles. The summed E-state index contributed by atoms with van der Waals surface area (Å²) in [5, 5.41) is 3.33. The van der Waals surface area contributed by atoms with Gasteiger partial charge in [0.1, 0.15) is 0 Å². The fourth-order valence-electron chi connectivity index (χ4n) is 1.07. The molecule has 0 aromatic heterocycles. The molecule has 0 aromatic carbocycles. The smallest absolute Gasteiger partial charge is 0.0942 e. The molecule has 0 aromatic rings. The molecule has 0 saturated carbocycles.